The molecule has 198 valence electrons. The number of amides is 3. The van der Waals surface area contributed by atoms with Gasteiger partial charge in [0.15, 0.2) is 0 Å². The number of hydrogen-bond acceptors (Lipinski definition) is 6. The van der Waals surface area contributed by atoms with E-state index in [0.717, 1.165) is 4.90 Å². The van der Waals surface area contributed by atoms with Crippen LogP contribution in [-0.2, 0) is 14.8 Å². The summed E-state index contributed by atoms with van der Waals surface area (Å²) in [6.07, 6.45) is 0.243. The zero-order valence-corrected chi connectivity index (χ0v) is 22.3. The lowest BCUT2D eigenvalue weighted by Crippen LogP contribution is -2.48. The average molecular weight is 536 g/mol. The van der Waals surface area contributed by atoms with Gasteiger partial charge in [0.1, 0.15) is 11.8 Å². The number of fused-ring (bicyclic) bond motifs is 1. The molecule has 10 heteroatoms. The minimum Gasteiger partial charge on any atom is -0.497 e. The molecule has 0 fully saturated rings. The van der Waals surface area contributed by atoms with E-state index in [4.69, 9.17) is 4.74 Å². The lowest BCUT2D eigenvalue weighted by Gasteiger charge is -2.27. The van der Waals surface area contributed by atoms with Crippen molar-refractivity contribution in [2.24, 2.45) is 5.92 Å². The Balaban J connectivity index is 1.60. The second-order valence-corrected chi connectivity index (χ2v) is 11.2. The second kappa shape index (κ2) is 10.7. The van der Waals surface area contributed by atoms with Crippen LogP contribution in [0.2, 0.25) is 0 Å². The van der Waals surface area contributed by atoms with E-state index in [2.05, 4.69) is 10.0 Å². The fourth-order valence-corrected chi connectivity index (χ4v) is 5.34. The van der Waals surface area contributed by atoms with Crippen LogP contribution in [0.15, 0.2) is 71.6 Å². The molecule has 1 atom stereocenters. The molecule has 3 amide bonds. The van der Waals surface area contributed by atoms with Crippen LogP contribution in [0, 0.1) is 12.8 Å². The van der Waals surface area contributed by atoms with E-state index in [0.29, 0.717) is 17.0 Å². The summed E-state index contributed by atoms with van der Waals surface area (Å²) in [6, 6.07) is 16.2. The highest BCUT2D eigenvalue weighted by Gasteiger charge is 2.42. The number of sulfonamides is 1. The van der Waals surface area contributed by atoms with E-state index in [1.54, 1.807) is 61.5 Å². The predicted octanol–water partition coefficient (Wildman–Crippen LogP) is 4.45. The molecule has 1 aliphatic heterocycles. The number of imide groups is 1. The highest BCUT2D eigenvalue weighted by atomic mass is 32.2. The largest absolute Gasteiger partial charge is 0.497 e. The molecule has 4 rings (SSSR count). The number of rotatable bonds is 9. The Labute approximate surface area is 221 Å². The van der Waals surface area contributed by atoms with Gasteiger partial charge < -0.3 is 10.1 Å². The van der Waals surface area contributed by atoms with Crippen LogP contribution in [0.1, 0.15) is 46.5 Å². The Bertz CT molecular complexity index is 1460. The summed E-state index contributed by atoms with van der Waals surface area (Å²) in [5.41, 5.74) is 1.74. The van der Waals surface area contributed by atoms with E-state index >= 15 is 0 Å². The van der Waals surface area contributed by atoms with Crippen molar-refractivity contribution in [1.82, 2.24) is 4.90 Å². The Morgan fingerprint density at radius 3 is 2.11 bits per heavy atom. The lowest BCUT2D eigenvalue weighted by atomic mass is 10.0. The summed E-state index contributed by atoms with van der Waals surface area (Å²) in [7, 11) is -2.46. The Hall–Kier alpha value is -4.18. The van der Waals surface area contributed by atoms with Crippen LogP contribution in [0.5, 0.6) is 5.75 Å². The maximum absolute atomic E-state index is 13.5. The Kier molecular flexibility index (Phi) is 7.54. The molecule has 38 heavy (non-hydrogen) atoms. The minimum atomic E-state index is -3.98. The van der Waals surface area contributed by atoms with Crippen molar-refractivity contribution < 1.29 is 27.5 Å². The number of nitrogens with one attached hydrogen (secondary N) is 2. The van der Waals surface area contributed by atoms with Crippen molar-refractivity contribution in [1.29, 1.82) is 0 Å². The molecule has 0 aromatic heterocycles. The number of ether oxygens (including phenoxy) is 1. The van der Waals surface area contributed by atoms with Gasteiger partial charge in [-0.25, -0.2) is 8.42 Å². The van der Waals surface area contributed by atoms with Crippen molar-refractivity contribution in [2.75, 3.05) is 17.1 Å². The monoisotopic (exact) mass is 535 g/mol. The highest BCUT2D eigenvalue weighted by Crippen LogP contribution is 2.29. The number of benzene rings is 3. The van der Waals surface area contributed by atoms with Gasteiger partial charge >= 0.3 is 0 Å². The molecule has 9 nitrogen and oxygen atoms in total. The molecule has 1 aliphatic rings. The van der Waals surface area contributed by atoms with Gasteiger partial charge in [-0.15, -0.1) is 0 Å². The van der Waals surface area contributed by atoms with Crippen molar-refractivity contribution in [3.63, 3.8) is 0 Å². The first-order valence-electron chi connectivity index (χ1n) is 12.1. The van der Waals surface area contributed by atoms with Gasteiger partial charge in [-0.2, -0.15) is 0 Å². The van der Waals surface area contributed by atoms with Gasteiger partial charge in [-0.05, 0) is 73.4 Å². The first kappa shape index (κ1) is 26.9. The molecule has 1 heterocycles. The minimum absolute atomic E-state index is 0.00318. The fourth-order valence-electron chi connectivity index (χ4n) is 4.26. The second-order valence-electron chi connectivity index (χ2n) is 9.47. The van der Waals surface area contributed by atoms with Gasteiger partial charge in [0.2, 0.25) is 5.91 Å². The zero-order chi connectivity index (χ0) is 27.6. The summed E-state index contributed by atoms with van der Waals surface area (Å²) < 4.78 is 33.7. The summed E-state index contributed by atoms with van der Waals surface area (Å²) in [5.74, 6) is -1.04. The molecule has 0 spiro atoms. The van der Waals surface area contributed by atoms with Gasteiger partial charge in [0.25, 0.3) is 21.8 Å². The average Bonchev–Trinajstić information content (AvgIpc) is 3.13. The first-order valence-corrected chi connectivity index (χ1v) is 13.6. The smallest absolute Gasteiger partial charge is 0.262 e. The third-order valence-corrected chi connectivity index (χ3v) is 7.63. The molecule has 0 saturated carbocycles. The highest BCUT2D eigenvalue weighted by molar-refractivity contribution is 7.92. The number of nitrogens with zero attached hydrogens (tertiary/aromatic N) is 1. The fraction of sp³-hybridized carbons (Fsp3) is 0.250. The normalized spacial score (nSPS) is 13.9. The predicted molar refractivity (Wildman–Crippen MR) is 144 cm³/mol. The SMILES string of the molecule is COc1ccc(NS(=O)(=O)c2ccc(C)c(NC(=O)[C@H](CC(C)C)N3C(=O)c4ccccc4C3=O)c2)cc1. The van der Waals surface area contributed by atoms with Crippen molar-refractivity contribution >= 4 is 39.1 Å². The van der Waals surface area contributed by atoms with Gasteiger partial charge in [0.05, 0.1) is 23.1 Å². The first-order chi connectivity index (χ1) is 18.0. The number of carbonyl (C=O) groups excluding carboxylic acids is 3. The summed E-state index contributed by atoms with van der Waals surface area (Å²) >= 11 is 0. The van der Waals surface area contributed by atoms with Crippen LogP contribution in [0.3, 0.4) is 0 Å². The molecule has 0 saturated heterocycles. The third-order valence-electron chi connectivity index (χ3n) is 6.25. The molecule has 0 aliphatic carbocycles. The molecular weight excluding hydrogens is 506 g/mol. The number of aryl methyl sites for hydroxylation is 1. The van der Waals surface area contributed by atoms with Crippen LogP contribution in [-0.4, -0.2) is 44.2 Å². The van der Waals surface area contributed by atoms with E-state index in [1.807, 2.05) is 13.8 Å². The van der Waals surface area contributed by atoms with Gasteiger partial charge in [-0.3, -0.25) is 24.0 Å². The van der Waals surface area contributed by atoms with Crippen LogP contribution >= 0.6 is 0 Å². The standard InChI is InChI=1S/C28H29N3O6S/c1-17(2)15-25(31-27(33)22-7-5-6-8-23(22)28(31)34)26(32)29-24-16-21(14-9-18(24)3)38(35,36)30-19-10-12-20(37-4)13-11-19/h5-14,16-17,25,30H,15H2,1-4H3,(H,29,32)/t25-/m0/s1. The molecule has 3 aromatic rings. The van der Waals surface area contributed by atoms with Gasteiger partial charge in [0, 0.05) is 11.4 Å². The van der Waals surface area contributed by atoms with Crippen molar-refractivity contribution in [3.8, 4) is 5.75 Å². The van der Waals surface area contributed by atoms with Crippen LogP contribution < -0.4 is 14.8 Å². The van der Waals surface area contributed by atoms with Gasteiger partial charge in [-0.1, -0.05) is 32.0 Å². The van der Waals surface area contributed by atoms with E-state index < -0.39 is 33.8 Å². The van der Waals surface area contributed by atoms with Crippen molar-refractivity contribution in [3.05, 3.63) is 83.4 Å². The molecular formula is C28H29N3O6S. The number of methoxy groups -OCH3 is 1. The number of hydrogen-bond donors (Lipinski definition) is 2. The maximum atomic E-state index is 13.5. The van der Waals surface area contributed by atoms with E-state index in [1.165, 1.54) is 19.2 Å². The molecule has 0 unspecified atom stereocenters. The summed E-state index contributed by atoms with van der Waals surface area (Å²) in [5, 5.41) is 2.76. The zero-order valence-electron chi connectivity index (χ0n) is 21.5. The molecule has 0 bridgehead atoms. The number of carbonyl (C=O) groups is 3. The van der Waals surface area contributed by atoms with Crippen LogP contribution in [0.4, 0.5) is 11.4 Å². The molecule has 0 radical (unpaired) electrons. The Morgan fingerprint density at radius 1 is 0.947 bits per heavy atom. The maximum Gasteiger partial charge on any atom is 0.262 e. The van der Waals surface area contributed by atoms with E-state index in [-0.39, 0.29) is 34.0 Å². The quantitative estimate of drug-likeness (QED) is 0.390. The van der Waals surface area contributed by atoms with E-state index in [9.17, 15) is 22.8 Å². The van der Waals surface area contributed by atoms with Crippen LogP contribution in [0.25, 0.3) is 0 Å². The number of anilines is 2. The topological polar surface area (TPSA) is 122 Å². The Morgan fingerprint density at radius 2 is 1.55 bits per heavy atom. The lowest BCUT2D eigenvalue weighted by molar-refractivity contribution is -0.120. The third kappa shape index (κ3) is 5.40. The molecule has 3 aromatic carbocycles. The molecule has 2 N–H and O–H groups in total. The summed E-state index contributed by atoms with van der Waals surface area (Å²) in [4.78, 5) is 40.6. The summed E-state index contributed by atoms with van der Waals surface area (Å²) in [6.45, 7) is 5.51. The van der Waals surface area contributed by atoms with Crippen molar-refractivity contribution in [2.45, 2.75) is 38.1 Å².